The summed E-state index contributed by atoms with van der Waals surface area (Å²) in [6.07, 6.45) is 2.90. The van der Waals surface area contributed by atoms with Gasteiger partial charge in [-0.3, -0.25) is 4.79 Å². The van der Waals surface area contributed by atoms with Crippen molar-refractivity contribution in [3.63, 3.8) is 0 Å². The van der Waals surface area contributed by atoms with Gasteiger partial charge in [0.05, 0.1) is 0 Å². The number of nitrogens with one attached hydrogen (secondary N) is 1. The Hall–Kier alpha value is -1.35. The predicted molar refractivity (Wildman–Crippen MR) is 82.9 cm³/mol. The first-order chi connectivity index (χ1) is 9.58. The van der Waals surface area contributed by atoms with E-state index in [0.717, 1.165) is 38.9 Å². The molecule has 0 bridgehead atoms. The first-order valence-electron chi connectivity index (χ1n) is 7.60. The third-order valence-corrected chi connectivity index (χ3v) is 4.28. The van der Waals surface area contributed by atoms with Crippen LogP contribution in [0.3, 0.4) is 0 Å². The summed E-state index contributed by atoms with van der Waals surface area (Å²) in [5.74, 6) is 0.539. The highest BCUT2D eigenvalue weighted by molar-refractivity contribution is 5.78. The monoisotopic (exact) mass is 274 g/mol. The van der Waals surface area contributed by atoms with Gasteiger partial charge in [0.1, 0.15) is 0 Å². The molecular weight excluding hydrogens is 248 g/mol. The van der Waals surface area contributed by atoms with E-state index in [4.69, 9.17) is 0 Å². The molecule has 1 aromatic rings. The molecule has 0 unspecified atom stereocenters. The second kappa shape index (κ2) is 6.89. The number of carbonyl (C=O) groups is 1. The van der Waals surface area contributed by atoms with Crippen LogP contribution in [0.15, 0.2) is 18.2 Å². The molecule has 0 atom stereocenters. The van der Waals surface area contributed by atoms with Crippen LogP contribution in [0.1, 0.15) is 29.5 Å². The van der Waals surface area contributed by atoms with Gasteiger partial charge in [0, 0.05) is 19.5 Å². The zero-order valence-corrected chi connectivity index (χ0v) is 12.9. The molecule has 0 spiro atoms. The number of hydrogen-bond acceptors (Lipinski definition) is 2. The van der Waals surface area contributed by atoms with E-state index < -0.39 is 0 Å². The molecule has 1 heterocycles. The molecule has 110 valence electrons. The van der Waals surface area contributed by atoms with Crippen molar-refractivity contribution in [1.82, 2.24) is 10.2 Å². The van der Waals surface area contributed by atoms with Crippen LogP contribution in [0.5, 0.6) is 0 Å². The molecule has 3 heteroatoms. The van der Waals surface area contributed by atoms with Gasteiger partial charge in [-0.1, -0.05) is 23.8 Å². The molecule has 1 amide bonds. The smallest absolute Gasteiger partial charge is 0.225 e. The summed E-state index contributed by atoms with van der Waals surface area (Å²) in [5.41, 5.74) is 3.97. The quantitative estimate of drug-likeness (QED) is 0.914. The highest BCUT2D eigenvalue weighted by atomic mass is 16.2. The zero-order valence-electron chi connectivity index (χ0n) is 12.9. The molecule has 1 fully saturated rings. The fourth-order valence-corrected chi connectivity index (χ4v) is 2.91. The summed E-state index contributed by atoms with van der Waals surface area (Å²) >= 11 is 0. The average Bonchev–Trinajstić information content (AvgIpc) is 2.46. The molecule has 1 saturated heterocycles. The van der Waals surface area contributed by atoms with E-state index in [2.05, 4.69) is 37.4 Å². The van der Waals surface area contributed by atoms with Gasteiger partial charge in [-0.25, -0.2) is 0 Å². The van der Waals surface area contributed by atoms with Crippen molar-refractivity contribution in [2.75, 3.05) is 26.7 Å². The van der Waals surface area contributed by atoms with E-state index in [0.29, 0.717) is 5.91 Å². The lowest BCUT2D eigenvalue weighted by molar-refractivity contribution is -0.134. The summed E-state index contributed by atoms with van der Waals surface area (Å²) in [6, 6.07) is 6.55. The number of hydrogen-bond donors (Lipinski definition) is 1. The lowest BCUT2D eigenvalue weighted by atomic mass is 9.96. The Morgan fingerprint density at radius 2 is 2.00 bits per heavy atom. The second-order valence-electron chi connectivity index (χ2n) is 5.96. The number of piperidine rings is 1. The van der Waals surface area contributed by atoms with E-state index in [1.54, 1.807) is 0 Å². The van der Waals surface area contributed by atoms with Crippen LogP contribution in [0.25, 0.3) is 0 Å². The lowest BCUT2D eigenvalue weighted by Crippen LogP contribution is -2.39. The maximum atomic E-state index is 12.4. The molecule has 1 aromatic carbocycles. The van der Waals surface area contributed by atoms with Crippen LogP contribution in [-0.2, 0) is 11.2 Å². The number of amides is 1. The molecule has 0 radical (unpaired) electrons. The van der Waals surface area contributed by atoms with Crippen molar-refractivity contribution >= 4 is 5.91 Å². The van der Waals surface area contributed by atoms with Crippen molar-refractivity contribution in [2.24, 2.45) is 5.92 Å². The van der Waals surface area contributed by atoms with Gasteiger partial charge in [0.25, 0.3) is 0 Å². The Morgan fingerprint density at radius 1 is 1.30 bits per heavy atom. The van der Waals surface area contributed by atoms with Crippen molar-refractivity contribution in [3.05, 3.63) is 34.9 Å². The molecule has 0 saturated carbocycles. The van der Waals surface area contributed by atoms with Gasteiger partial charge in [-0.2, -0.15) is 0 Å². The number of likely N-dealkylation sites (N-methyl/N-ethyl adjacent to an activating group) is 1. The van der Waals surface area contributed by atoms with Gasteiger partial charge >= 0.3 is 0 Å². The highest BCUT2D eigenvalue weighted by Crippen LogP contribution is 2.16. The Morgan fingerprint density at radius 3 is 2.65 bits per heavy atom. The minimum absolute atomic E-state index is 0.223. The Labute approximate surface area is 122 Å². The van der Waals surface area contributed by atoms with E-state index in [-0.39, 0.29) is 5.92 Å². The number of carbonyl (C=O) groups excluding carboxylic acids is 1. The third-order valence-electron chi connectivity index (χ3n) is 4.28. The molecule has 1 N–H and O–H groups in total. The zero-order chi connectivity index (χ0) is 14.5. The summed E-state index contributed by atoms with van der Waals surface area (Å²) in [7, 11) is 1.94. The number of rotatable bonds is 4. The summed E-state index contributed by atoms with van der Waals surface area (Å²) in [5, 5.41) is 3.31. The predicted octanol–water partition coefficient (Wildman–Crippen LogP) is 2.30. The van der Waals surface area contributed by atoms with Crippen molar-refractivity contribution in [2.45, 2.75) is 33.1 Å². The largest absolute Gasteiger partial charge is 0.345 e. The summed E-state index contributed by atoms with van der Waals surface area (Å²) < 4.78 is 0. The van der Waals surface area contributed by atoms with Gasteiger partial charge in [0.15, 0.2) is 0 Å². The van der Waals surface area contributed by atoms with E-state index in [9.17, 15) is 4.79 Å². The Bertz CT molecular complexity index is 464. The molecule has 3 nitrogen and oxygen atoms in total. The highest BCUT2D eigenvalue weighted by Gasteiger charge is 2.23. The van der Waals surface area contributed by atoms with Crippen molar-refractivity contribution in [3.8, 4) is 0 Å². The lowest BCUT2D eigenvalue weighted by Gasteiger charge is -2.27. The number of benzene rings is 1. The summed E-state index contributed by atoms with van der Waals surface area (Å²) in [4.78, 5) is 14.3. The van der Waals surface area contributed by atoms with E-state index in [1.165, 1.54) is 16.7 Å². The molecule has 1 aliphatic rings. The number of nitrogens with zero attached hydrogens (tertiary/aromatic N) is 1. The molecule has 1 aliphatic heterocycles. The fourth-order valence-electron chi connectivity index (χ4n) is 2.91. The van der Waals surface area contributed by atoms with Gasteiger partial charge in [0.2, 0.25) is 5.91 Å². The van der Waals surface area contributed by atoms with Crippen LogP contribution in [0.2, 0.25) is 0 Å². The third kappa shape index (κ3) is 3.83. The summed E-state index contributed by atoms with van der Waals surface area (Å²) in [6.45, 7) is 7.02. The van der Waals surface area contributed by atoms with Gasteiger partial charge < -0.3 is 10.2 Å². The standard InChI is InChI=1S/C17H26N2O/c1-13-4-5-15(14(2)12-13)8-11-19(3)17(20)16-6-9-18-10-7-16/h4-5,12,16,18H,6-11H2,1-3H3. The second-order valence-corrected chi connectivity index (χ2v) is 5.96. The molecule has 0 aliphatic carbocycles. The van der Waals surface area contributed by atoms with Crippen LogP contribution >= 0.6 is 0 Å². The SMILES string of the molecule is Cc1ccc(CCN(C)C(=O)C2CCNCC2)c(C)c1. The Balaban J connectivity index is 1.87. The van der Waals surface area contributed by atoms with E-state index >= 15 is 0 Å². The minimum atomic E-state index is 0.223. The maximum absolute atomic E-state index is 12.4. The van der Waals surface area contributed by atoms with Gasteiger partial charge in [-0.05, 0) is 57.3 Å². The fraction of sp³-hybridized carbons (Fsp3) is 0.588. The van der Waals surface area contributed by atoms with Crippen LogP contribution in [-0.4, -0.2) is 37.5 Å². The first-order valence-corrected chi connectivity index (χ1v) is 7.60. The van der Waals surface area contributed by atoms with Crippen LogP contribution in [0.4, 0.5) is 0 Å². The molecule has 0 aromatic heterocycles. The average molecular weight is 274 g/mol. The van der Waals surface area contributed by atoms with Crippen molar-refractivity contribution < 1.29 is 4.79 Å². The topological polar surface area (TPSA) is 32.3 Å². The van der Waals surface area contributed by atoms with Gasteiger partial charge in [-0.15, -0.1) is 0 Å². The van der Waals surface area contributed by atoms with E-state index in [1.807, 2.05) is 11.9 Å². The van der Waals surface area contributed by atoms with Crippen LogP contribution < -0.4 is 5.32 Å². The van der Waals surface area contributed by atoms with Crippen molar-refractivity contribution in [1.29, 1.82) is 0 Å². The maximum Gasteiger partial charge on any atom is 0.225 e. The number of aryl methyl sites for hydroxylation is 2. The minimum Gasteiger partial charge on any atom is -0.345 e. The molecule has 20 heavy (non-hydrogen) atoms. The normalized spacial score (nSPS) is 16.1. The first kappa shape index (κ1) is 15.0. The Kier molecular flexibility index (Phi) is 5.18. The van der Waals surface area contributed by atoms with Crippen LogP contribution in [0, 0.1) is 19.8 Å². The molecular formula is C17H26N2O. The molecule has 2 rings (SSSR count).